The molecule has 2 aromatic heterocycles. The van der Waals surface area contributed by atoms with Crippen LogP contribution in [0.25, 0.3) is 0 Å². The lowest BCUT2D eigenvalue weighted by Gasteiger charge is -2.22. The van der Waals surface area contributed by atoms with Gasteiger partial charge in [-0.1, -0.05) is 24.3 Å². The minimum atomic E-state index is -0.126. The number of carbonyl (C=O) groups is 1. The number of nitrogens with one attached hydrogen (secondary N) is 1. The Morgan fingerprint density at radius 2 is 1.92 bits per heavy atom. The third kappa shape index (κ3) is 5.60. The number of para-hydroxylation sites is 1. The van der Waals surface area contributed by atoms with Gasteiger partial charge in [0.25, 0.3) is 0 Å². The number of benzene rings is 1. The summed E-state index contributed by atoms with van der Waals surface area (Å²) in [5, 5.41) is 6.99. The molecule has 3 rings (SSSR count). The predicted octanol–water partition coefficient (Wildman–Crippen LogP) is 3.93. The van der Waals surface area contributed by atoms with Crippen LogP contribution < -0.4 is 10.1 Å². The Hall–Kier alpha value is -2.86. The maximum Gasteiger partial charge on any atom is 0.318 e. The van der Waals surface area contributed by atoms with Crippen molar-refractivity contribution in [3.63, 3.8) is 0 Å². The quantitative estimate of drug-likeness (QED) is 0.614. The first-order valence-electron chi connectivity index (χ1n) is 8.43. The van der Waals surface area contributed by atoms with Gasteiger partial charge in [0.1, 0.15) is 12.4 Å². The van der Waals surface area contributed by atoms with Gasteiger partial charge in [-0.05, 0) is 46.7 Å². The Kier molecular flexibility index (Phi) is 6.61. The van der Waals surface area contributed by atoms with Crippen molar-refractivity contribution < 1.29 is 9.53 Å². The first-order chi connectivity index (χ1) is 12.8. The number of rotatable bonds is 8. The smallest absolute Gasteiger partial charge is 0.318 e. The first kappa shape index (κ1) is 17.9. The number of thiophene rings is 1. The van der Waals surface area contributed by atoms with Crippen LogP contribution in [0.5, 0.6) is 5.75 Å². The molecule has 2 heterocycles. The Labute approximate surface area is 157 Å². The highest BCUT2D eigenvalue weighted by molar-refractivity contribution is 7.07. The molecule has 0 aliphatic heterocycles. The summed E-state index contributed by atoms with van der Waals surface area (Å²) in [6, 6.07) is 17.2. The van der Waals surface area contributed by atoms with E-state index in [2.05, 4.69) is 15.7 Å². The second kappa shape index (κ2) is 9.58. The highest BCUT2D eigenvalue weighted by Crippen LogP contribution is 2.12. The molecule has 1 N–H and O–H groups in total. The maximum absolute atomic E-state index is 12.6. The van der Waals surface area contributed by atoms with E-state index in [1.807, 2.05) is 60.0 Å². The molecule has 0 atom stereocenters. The van der Waals surface area contributed by atoms with Crippen LogP contribution >= 0.6 is 11.3 Å². The van der Waals surface area contributed by atoms with Crippen LogP contribution in [-0.4, -0.2) is 29.1 Å². The molecule has 0 bridgehead atoms. The molecule has 0 saturated heterocycles. The van der Waals surface area contributed by atoms with Crippen LogP contribution in [0.3, 0.4) is 0 Å². The second-order valence-electron chi connectivity index (χ2n) is 5.70. The Balaban J connectivity index is 1.53. The summed E-state index contributed by atoms with van der Waals surface area (Å²) in [4.78, 5) is 18.7. The number of hydrogen-bond acceptors (Lipinski definition) is 4. The van der Waals surface area contributed by atoms with E-state index in [0.29, 0.717) is 26.2 Å². The third-order valence-electron chi connectivity index (χ3n) is 3.71. The molecule has 2 amide bonds. The number of aromatic nitrogens is 1. The summed E-state index contributed by atoms with van der Waals surface area (Å²) in [6.45, 7) is 1.87. The summed E-state index contributed by atoms with van der Waals surface area (Å²) < 4.78 is 5.62. The fourth-order valence-corrected chi connectivity index (χ4v) is 3.10. The molecular formula is C20H21N3O2S. The highest BCUT2D eigenvalue weighted by Gasteiger charge is 2.15. The van der Waals surface area contributed by atoms with E-state index in [4.69, 9.17) is 4.74 Å². The zero-order valence-electron chi connectivity index (χ0n) is 14.4. The van der Waals surface area contributed by atoms with E-state index in [9.17, 15) is 4.79 Å². The largest absolute Gasteiger partial charge is 0.492 e. The van der Waals surface area contributed by atoms with Gasteiger partial charge in [-0.2, -0.15) is 11.3 Å². The number of urea groups is 1. The molecule has 0 unspecified atom stereocenters. The summed E-state index contributed by atoms with van der Waals surface area (Å²) in [5.41, 5.74) is 1.97. The molecule has 0 saturated carbocycles. The van der Waals surface area contributed by atoms with E-state index >= 15 is 0 Å². The molecule has 5 nitrogen and oxygen atoms in total. The van der Waals surface area contributed by atoms with Crippen LogP contribution in [0.2, 0.25) is 0 Å². The molecule has 0 fully saturated rings. The minimum absolute atomic E-state index is 0.126. The molecule has 0 radical (unpaired) electrons. The second-order valence-corrected chi connectivity index (χ2v) is 6.48. The van der Waals surface area contributed by atoms with Crippen LogP contribution in [0.1, 0.15) is 11.3 Å². The monoisotopic (exact) mass is 367 g/mol. The minimum Gasteiger partial charge on any atom is -0.492 e. The number of hydrogen-bond donors (Lipinski definition) is 1. The van der Waals surface area contributed by atoms with Crippen molar-refractivity contribution in [2.24, 2.45) is 0 Å². The molecule has 6 heteroatoms. The number of nitrogens with zero attached hydrogens (tertiary/aromatic N) is 2. The fourth-order valence-electron chi connectivity index (χ4n) is 2.45. The van der Waals surface area contributed by atoms with Crippen LogP contribution in [0.15, 0.2) is 71.6 Å². The Bertz CT molecular complexity index is 779. The molecule has 1 aromatic carbocycles. The van der Waals surface area contributed by atoms with E-state index in [1.54, 1.807) is 22.4 Å². The number of pyridine rings is 1. The van der Waals surface area contributed by atoms with Gasteiger partial charge < -0.3 is 15.0 Å². The molecule has 0 spiro atoms. The van der Waals surface area contributed by atoms with E-state index in [0.717, 1.165) is 17.0 Å². The van der Waals surface area contributed by atoms with Gasteiger partial charge in [0.05, 0.1) is 18.8 Å². The normalized spacial score (nSPS) is 10.3. The van der Waals surface area contributed by atoms with E-state index in [1.165, 1.54) is 0 Å². The zero-order chi connectivity index (χ0) is 18.0. The van der Waals surface area contributed by atoms with Crippen LogP contribution in [0.4, 0.5) is 4.79 Å². The lowest BCUT2D eigenvalue weighted by atomic mass is 10.3. The molecule has 0 aliphatic carbocycles. The first-order valence-corrected chi connectivity index (χ1v) is 9.37. The van der Waals surface area contributed by atoms with Crippen molar-refractivity contribution in [1.82, 2.24) is 15.2 Å². The summed E-state index contributed by atoms with van der Waals surface area (Å²) >= 11 is 1.62. The predicted molar refractivity (Wildman–Crippen MR) is 103 cm³/mol. The van der Waals surface area contributed by atoms with Gasteiger partial charge in [0.15, 0.2) is 0 Å². The van der Waals surface area contributed by atoms with E-state index in [-0.39, 0.29) is 6.03 Å². The lowest BCUT2D eigenvalue weighted by Crippen LogP contribution is -2.40. The molecular weight excluding hydrogens is 346 g/mol. The summed E-state index contributed by atoms with van der Waals surface area (Å²) in [5.74, 6) is 0.797. The highest BCUT2D eigenvalue weighted by atomic mass is 32.1. The summed E-state index contributed by atoms with van der Waals surface area (Å²) in [7, 11) is 0. The zero-order valence-corrected chi connectivity index (χ0v) is 15.2. The molecule has 0 aliphatic rings. The average Bonchev–Trinajstić information content (AvgIpc) is 3.19. The van der Waals surface area contributed by atoms with Gasteiger partial charge in [0.2, 0.25) is 0 Å². The van der Waals surface area contributed by atoms with Crippen molar-refractivity contribution >= 4 is 17.4 Å². The van der Waals surface area contributed by atoms with Crippen LogP contribution in [0, 0.1) is 0 Å². The maximum atomic E-state index is 12.6. The van der Waals surface area contributed by atoms with Gasteiger partial charge >= 0.3 is 6.03 Å². The number of amides is 2. The van der Waals surface area contributed by atoms with Crippen molar-refractivity contribution in [2.45, 2.75) is 13.1 Å². The SMILES string of the molecule is O=C(NCCOc1ccccc1)N(Cc1ccsc1)Cc1ccccn1. The average molecular weight is 367 g/mol. The van der Waals surface area contributed by atoms with Crippen molar-refractivity contribution in [2.75, 3.05) is 13.2 Å². The van der Waals surface area contributed by atoms with Crippen molar-refractivity contribution in [3.05, 3.63) is 82.8 Å². The Morgan fingerprint density at radius 1 is 1.08 bits per heavy atom. The van der Waals surface area contributed by atoms with Crippen LogP contribution in [-0.2, 0) is 13.1 Å². The molecule has 3 aromatic rings. The Morgan fingerprint density at radius 3 is 2.65 bits per heavy atom. The summed E-state index contributed by atoms with van der Waals surface area (Å²) in [6.07, 6.45) is 1.74. The molecule has 134 valence electrons. The van der Waals surface area contributed by atoms with Crippen molar-refractivity contribution in [1.29, 1.82) is 0 Å². The van der Waals surface area contributed by atoms with E-state index < -0.39 is 0 Å². The van der Waals surface area contributed by atoms with Gasteiger partial charge in [-0.15, -0.1) is 0 Å². The fraction of sp³-hybridized carbons (Fsp3) is 0.200. The lowest BCUT2D eigenvalue weighted by molar-refractivity contribution is 0.188. The van der Waals surface area contributed by atoms with Gasteiger partial charge in [-0.25, -0.2) is 4.79 Å². The third-order valence-corrected chi connectivity index (χ3v) is 4.44. The van der Waals surface area contributed by atoms with Gasteiger partial charge in [0, 0.05) is 12.7 Å². The van der Waals surface area contributed by atoms with Crippen molar-refractivity contribution in [3.8, 4) is 5.75 Å². The topological polar surface area (TPSA) is 54.5 Å². The van der Waals surface area contributed by atoms with Gasteiger partial charge in [-0.3, -0.25) is 4.98 Å². The number of ether oxygens (including phenoxy) is 1. The standard InChI is InChI=1S/C20H21N3O2S/c24-20(22-11-12-25-19-7-2-1-3-8-19)23(14-17-9-13-26-16-17)15-18-6-4-5-10-21-18/h1-10,13,16H,11-12,14-15H2,(H,22,24). The number of carbonyl (C=O) groups excluding carboxylic acids is 1. The molecule has 26 heavy (non-hydrogen) atoms.